The van der Waals surface area contributed by atoms with Crippen LogP contribution in [0.4, 0.5) is 0 Å². The van der Waals surface area contributed by atoms with Gasteiger partial charge in [0.15, 0.2) is 0 Å². The molecule has 0 saturated carbocycles. The molecule has 0 unspecified atom stereocenters. The minimum absolute atomic E-state index is 0.267. The molecule has 3 heteroatoms. The zero-order chi connectivity index (χ0) is 7.45. The standard InChI is InChI=1S/C7H15NO2/c1-9-5-7(6-10-2)3-8-4-7/h8H,3-6H2,1-2H3. The molecule has 0 aromatic rings. The average molecular weight is 145 g/mol. The fourth-order valence-electron chi connectivity index (χ4n) is 1.34. The van der Waals surface area contributed by atoms with E-state index in [1.165, 1.54) is 0 Å². The highest BCUT2D eigenvalue weighted by Gasteiger charge is 2.36. The van der Waals surface area contributed by atoms with Gasteiger partial charge in [-0.05, 0) is 0 Å². The van der Waals surface area contributed by atoms with Crippen LogP contribution in [0.15, 0.2) is 0 Å². The van der Waals surface area contributed by atoms with E-state index in [1.54, 1.807) is 14.2 Å². The largest absolute Gasteiger partial charge is 0.384 e. The van der Waals surface area contributed by atoms with Crippen molar-refractivity contribution in [2.75, 3.05) is 40.5 Å². The van der Waals surface area contributed by atoms with Crippen LogP contribution in [0.2, 0.25) is 0 Å². The molecule has 60 valence electrons. The fourth-order valence-corrected chi connectivity index (χ4v) is 1.34. The molecule has 1 heterocycles. The SMILES string of the molecule is COCC1(COC)CNC1. The van der Waals surface area contributed by atoms with Gasteiger partial charge < -0.3 is 14.8 Å². The van der Waals surface area contributed by atoms with E-state index in [0.717, 1.165) is 26.3 Å². The van der Waals surface area contributed by atoms with Crippen LogP contribution in [-0.4, -0.2) is 40.5 Å². The molecule has 3 nitrogen and oxygen atoms in total. The highest BCUT2D eigenvalue weighted by atomic mass is 16.5. The first-order valence-electron chi connectivity index (χ1n) is 3.52. The number of methoxy groups -OCH3 is 2. The Hall–Kier alpha value is -0.120. The van der Waals surface area contributed by atoms with Crippen LogP contribution in [0.5, 0.6) is 0 Å². The Morgan fingerprint density at radius 1 is 1.20 bits per heavy atom. The number of hydrogen-bond donors (Lipinski definition) is 1. The van der Waals surface area contributed by atoms with Crippen molar-refractivity contribution < 1.29 is 9.47 Å². The molecular formula is C7H15NO2. The summed E-state index contributed by atoms with van der Waals surface area (Å²) < 4.78 is 10.2. The molecule has 0 aromatic carbocycles. The quantitative estimate of drug-likeness (QED) is 0.597. The van der Waals surface area contributed by atoms with Crippen molar-refractivity contribution in [3.63, 3.8) is 0 Å². The van der Waals surface area contributed by atoms with Crippen LogP contribution in [0.3, 0.4) is 0 Å². The van der Waals surface area contributed by atoms with E-state index in [1.807, 2.05) is 0 Å². The summed E-state index contributed by atoms with van der Waals surface area (Å²) in [6.07, 6.45) is 0. The molecule has 0 aliphatic carbocycles. The summed E-state index contributed by atoms with van der Waals surface area (Å²) in [5, 5.41) is 3.21. The van der Waals surface area contributed by atoms with E-state index >= 15 is 0 Å². The highest BCUT2D eigenvalue weighted by molar-refractivity contribution is 4.91. The molecule has 0 radical (unpaired) electrons. The van der Waals surface area contributed by atoms with Crippen LogP contribution in [0.1, 0.15) is 0 Å². The van der Waals surface area contributed by atoms with Crippen LogP contribution in [0, 0.1) is 5.41 Å². The van der Waals surface area contributed by atoms with Crippen molar-refractivity contribution >= 4 is 0 Å². The zero-order valence-corrected chi connectivity index (χ0v) is 6.64. The third-order valence-electron chi connectivity index (χ3n) is 1.90. The Balaban J connectivity index is 2.27. The van der Waals surface area contributed by atoms with Gasteiger partial charge in [-0.3, -0.25) is 0 Å². The summed E-state index contributed by atoms with van der Waals surface area (Å²) in [4.78, 5) is 0. The molecule has 1 saturated heterocycles. The van der Waals surface area contributed by atoms with Crippen molar-refractivity contribution in [3.05, 3.63) is 0 Å². The number of nitrogens with one attached hydrogen (secondary N) is 1. The van der Waals surface area contributed by atoms with Crippen LogP contribution >= 0.6 is 0 Å². The molecule has 10 heavy (non-hydrogen) atoms. The first-order chi connectivity index (χ1) is 4.83. The van der Waals surface area contributed by atoms with Gasteiger partial charge in [0.25, 0.3) is 0 Å². The molecule has 1 aliphatic rings. The molecule has 1 aliphatic heterocycles. The molecule has 0 spiro atoms. The number of ether oxygens (including phenoxy) is 2. The molecule has 1 rings (SSSR count). The maximum atomic E-state index is 5.08. The van der Waals surface area contributed by atoms with E-state index in [4.69, 9.17) is 9.47 Å². The van der Waals surface area contributed by atoms with Crippen molar-refractivity contribution in [1.29, 1.82) is 0 Å². The molecule has 0 aromatic heterocycles. The highest BCUT2D eigenvalue weighted by Crippen LogP contribution is 2.22. The third-order valence-corrected chi connectivity index (χ3v) is 1.90. The molecule has 0 amide bonds. The Morgan fingerprint density at radius 3 is 1.90 bits per heavy atom. The lowest BCUT2D eigenvalue weighted by molar-refractivity contribution is -0.0233. The van der Waals surface area contributed by atoms with Gasteiger partial charge in [-0.25, -0.2) is 0 Å². The Kier molecular flexibility index (Phi) is 2.65. The summed E-state index contributed by atoms with van der Waals surface area (Å²) in [6.45, 7) is 3.64. The normalized spacial score (nSPS) is 22.2. The zero-order valence-electron chi connectivity index (χ0n) is 6.64. The molecule has 1 N–H and O–H groups in total. The lowest BCUT2D eigenvalue weighted by atomic mass is 9.84. The van der Waals surface area contributed by atoms with Crippen molar-refractivity contribution in [1.82, 2.24) is 5.32 Å². The number of rotatable bonds is 4. The molecule has 1 fully saturated rings. The fraction of sp³-hybridized carbons (Fsp3) is 1.00. The molecule has 0 atom stereocenters. The van der Waals surface area contributed by atoms with E-state index < -0.39 is 0 Å². The maximum absolute atomic E-state index is 5.08. The predicted molar refractivity (Wildman–Crippen MR) is 39.1 cm³/mol. The smallest absolute Gasteiger partial charge is 0.0565 e. The first-order valence-corrected chi connectivity index (χ1v) is 3.52. The Morgan fingerprint density at radius 2 is 1.70 bits per heavy atom. The van der Waals surface area contributed by atoms with Gasteiger partial charge >= 0.3 is 0 Å². The Bertz CT molecular complexity index is 93.8. The molecular weight excluding hydrogens is 130 g/mol. The maximum Gasteiger partial charge on any atom is 0.0565 e. The van der Waals surface area contributed by atoms with Crippen molar-refractivity contribution in [2.45, 2.75) is 0 Å². The first kappa shape index (κ1) is 7.98. The van der Waals surface area contributed by atoms with Gasteiger partial charge in [-0.1, -0.05) is 0 Å². The van der Waals surface area contributed by atoms with Gasteiger partial charge in [-0.15, -0.1) is 0 Å². The number of hydrogen-bond acceptors (Lipinski definition) is 3. The van der Waals surface area contributed by atoms with E-state index in [0.29, 0.717) is 0 Å². The predicted octanol–water partition coefficient (Wildman–Crippen LogP) is -0.131. The molecule has 0 bridgehead atoms. The summed E-state index contributed by atoms with van der Waals surface area (Å²) in [5.41, 5.74) is 0.267. The minimum Gasteiger partial charge on any atom is -0.384 e. The van der Waals surface area contributed by atoms with Gasteiger partial charge in [0.1, 0.15) is 0 Å². The van der Waals surface area contributed by atoms with E-state index in [-0.39, 0.29) is 5.41 Å². The monoisotopic (exact) mass is 145 g/mol. The van der Waals surface area contributed by atoms with Crippen molar-refractivity contribution in [2.24, 2.45) is 5.41 Å². The topological polar surface area (TPSA) is 30.5 Å². The van der Waals surface area contributed by atoms with E-state index in [2.05, 4.69) is 5.32 Å². The second-order valence-electron chi connectivity index (χ2n) is 2.97. The van der Waals surface area contributed by atoms with Gasteiger partial charge in [0, 0.05) is 32.7 Å². The summed E-state index contributed by atoms with van der Waals surface area (Å²) in [7, 11) is 3.46. The second kappa shape index (κ2) is 3.32. The average Bonchev–Trinajstić information content (AvgIpc) is 1.84. The third kappa shape index (κ3) is 1.48. The summed E-state index contributed by atoms with van der Waals surface area (Å²) in [6, 6.07) is 0. The summed E-state index contributed by atoms with van der Waals surface area (Å²) >= 11 is 0. The lowest BCUT2D eigenvalue weighted by Crippen LogP contribution is -2.58. The summed E-state index contributed by atoms with van der Waals surface area (Å²) in [5.74, 6) is 0. The second-order valence-corrected chi connectivity index (χ2v) is 2.97. The van der Waals surface area contributed by atoms with Crippen LogP contribution in [0.25, 0.3) is 0 Å². The van der Waals surface area contributed by atoms with Gasteiger partial charge in [-0.2, -0.15) is 0 Å². The Labute approximate surface area is 61.7 Å². The lowest BCUT2D eigenvalue weighted by Gasteiger charge is -2.41. The van der Waals surface area contributed by atoms with Crippen LogP contribution in [-0.2, 0) is 9.47 Å². The minimum atomic E-state index is 0.267. The van der Waals surface area contributed by atoms with Gasteiger partial charge in [0.05, 0.1) is 13.2 Å². The van der Waals surface area contributed by atoms with Crippen LogP contribution < -0.4 is 5.32 Å². The van der Waals surface area contributed by atoms with Crippen molar-refractivity contribution in [3.8, 4) is 0 Å². The van der Waals surface area contributed by atoms with E-state index in [9.17, 15) is 0 Å². The van der Waals surface area contributed by atoms with Gasteiger partial charge in [0.2, 0.25) is 0 Å².